The van der Waals surface area contributed by atoms with Crippen molar-refractivity contribution in [2.75, 3.05) is 39.6 Å². The van der Waals surface area contributed by atoms with Crippen LogP contribution in [0.2, 0.25) is 0 Å². The Kier molecular flexibility index (Phi) is 11.8. The Morgan fingerprint density at radius 2 is 1.74 bits per heavy atom. The summed E-state index contributed by atoms with van der Waals surface area (Å²) in [4.78, 5) is 34.6. The zero-order chi connectivity index (χ0) is 25.8. The molecular formula is C21H29NO13. The lowest BCUT2D eigenvalue weighted by atomic mass is 9.99. The Labute approximate surface area is 199 Å². The predicted molar refractivity (Wildman–Crippen MR) is 113 cm³/mol. The second-order valence-electron chi connectivity index (χ2n) is 7.29. The first kappa shape index (κ1) is 28.4. The van der Waals surface area contributed by atoms with Crippen LogP contribution in [0.4, 0.5) is 0 Å². The molecule has 0 unspecified atom stereocenters. The summed E-state index contributed by atoms with van der Waals surface area (Å²) in [5.74, 6) is -2.35. The summed E-state index contributed by atoms with van der Waals surface area (Å²) in [6.45, 7) is 0.944. The van der Waals surface area contributed by atoms with Crippen LogP contribution < -0.4 is 10.1 Å². The zero-order valence-electron chi connectivity index (χ0n) is 18.6. The zero-order valence-corrected chi connectivity index (χ0v) is 18.6. The number of carboxylic acids is 1. The van der Waals surface area contributed by atoms with Crippen molar-refractivity contribution in [3.05, 3.63) is 29.3 Å². The fourth-order valence-corrected chi connectivity index (χ4v) is 3.07. The van der Waals surface area contributed by atoms with E-state index in [0.29, 0.717) is 5.56 Å². The third-order valence-electron chi connectivity index (χ3n) is 4.80. The van der Waals surface area contributed by atoms with Crippen LogP contribution >= 0.6 is 0 Å². The molecule has 2 rings (SSSR count). The van der Waals surface area contributed by atoms with Gasteiger partial charge in [0.15, 0.2) is 6.10 Å². The van der Waals surface area contributed by atoms with E-state index in [9.17, 15) is 34.8 Å². The third kappa shape index (κ3) is 8.40. The molecule has 0 saturated carbocycles. The van der Waals surface area contributed by atoms with Crippen LogP contribution in [0.25, 0.3) is 0 Å². The van der Waals surface area contributed by atoms with Crippen molar-refractivity contribution >= 4 is 18.3 Å². The average Bonchev–Trinajstić information content (AvgIpc) is 2.84. The molecule has 1 aliphatic rings. The molecule has 1 aromatic carbocycles. The minimum absolute atomic E-state index is 0.0634. The number of aliphatic hydroxyl groups excluding tert-OH is 4. The van der Waals surface area contributed by atoms with Crippen molar-refractivity contribution in [3.8, 4) is 5.75 Å². The van der Waals surface area contributed by atoms with Crippen LogP contribution in [0.5, 0.6) is 5.75 Å². The fraction of sp³-hybridized carbons (Fsp3) is 0.571. The van der Waals surface area contributed by atoms with E-state index < -0.39 is 42.6 Å². The van der Waals surface area contributed by atoms with E-state index in [1.807, 2.05) is 0 Å². The van der Waals surface area contributed by atoms with Crippen molar-refractivity contribution in [1.82, 2.24) is 5.32 Å². The second kappa shape index (κ2) is 14.5. The van der Waals surface area contributed by atoms with Crippen LogP contribution in [0, 0.1) is 0 Å². The maximum atomic E-state index is 12.8. The fourth-order valence-electron chi connectivity index (χ4n) is 3.07. The summed E-state index contributed by atoms with van der Waals surface area (Å²) >= 11 is 0. The van der Waals surface area contributed by atoms with Crippen LogP contribution in [-0.2, 0) is 35.1 Å². The van der Waals surface area contributed by atoms with Gasteiger partial charge in [-0.3, -0.25) is 9.59 Å². The molecule has 5 atom stereocenters. The number of rotatable bonds is 15. The van der Waals surface area contributed by atoms with Gasteiger partial charge in [-0.1, -0.05) is 6.07 Å². The van der Waals surface area contributed by atoms with Crippen molar-refractivity contribution in [2.45, 2.75) is 37.3 Å². The monoisotopic (exact) mass is 503 g/mol. The van der Waals surface area contributed by atoms with E-state index in [1.165, 1.54) is 18.2 Å². The van der Waals surface area contributed by atoms with Gasteiger partial charge in [-0.15, -0.1) is 0 Å². The Morgan fingerprint density at radius 3 is 2.40 bits per heavy atom. The molecule has 0 aromatic heterocycles. The lowest BCUT2D eigenvalue weighted by molar-refractivity contribution is -0.271. The van der Waals surface area contributed by atoms with Crippen LogP contribution in [0.1, 0.15) is 15.9 Å². The van der Waals surface area contributed by atoms with Gasteiger partial charge in [0.2, 0.25) is 6.29 Å². The molecule has 6 N–H and O–H groups in total. The molecule has 1 heterocycles. The van der Waals surface area contributed by atoms with Crippen molar-refractivity contribution in [3.63, 3.8) is 0 Å². The number of aliphatic hydroxyl groups is 4. The minimum Gasteiger partial charge on any atom is -0.479 e. The van der Waals surface area contributed by atoms with E-state index >= 15 is 0 Å². The number of aliphatic carboxylic acids is 1. The summed E-state index contributed by atoms with van der Waals surface area (Å²) in [5, 5.41) is 50.4. The highest BCUT2D eigenvalue weighted by Crippen LogP contribution is 2.28. The standard InChI is InChI=1S/C21H29NO13/c23-4-6-32-8-7-31-5-3-22-19(28)13-9-12(10-33-11-24)1-2-14(13)34-21-17(27)15(25)16(26)18(35-21)20(29)30/h1-2,9,11,15-18,21,23,25-27H,3-8,10H2,(H,22,28)(H,29,30)/t15-,16-,17+,18-,21+/m0/s1. The van der Waals surface area contributed by atoms with Gasteiger partial charge in [-0.2, -0.15) is 0 Å². The first-order valence-corrected chi connectivity index (χ1v) is 10.6. The minimum atomic E-state index is -1.90. The Hall–Kier alpha value is -2.85. The molecule has 35 heavy (non-hydrogen) atoms. The molecule has 1 aromatic rings. The molecule has 1 saturated heterocycles. The van der Waals surface area contributed by atoms with Crippen LogP contribution in [0.3, 0.4) is 0 Å². The average molecular weight is 503 g/mol. The van der Waals surface area contributed by atoms with E-state index in [2.05, 4.69) is 10.1 Å². The topological polar surface area (TPSA) is 211 Å². The normalized spacial score (nSPS) is 23.9. The molecule has 0 spiro atoms. The van der Waals surface area contributed by atoms with E-state index in [4.69, 9.17) is 24.1 Å². The number of carbonyl (C=O) groups excluding carboxylic acids is 2. The van der Waals surface area contributed by atoms with Gasteiger partial charge in [0, 0.05) is 6.54 Å². The molecule has 0 radical (unpaired) electrons. The van der Waals surface area contributed by atoms with Gasteiger partial charge in [-0.05, 0) is 17.7 Å². The Bertz CT molecular complexity index is 835. The number of nitrogens with one attached hydrogen (secondary N) is 1. The molecule has 196 valence electrons. The summed E-state index contributed by atoms with van der Waals surface area (Å²) in [5.41, 5.74) is 0.363. The number of benzene rings is 1. The SMILES string of the molecule is O=COCc1ccc(O[C@@H]2O[C@H](C(=O)O)[C@@H](O)[C@H](O)[C@H]2O)c(C(=O)NCCOCCOCCO)c1. The number of hydrogen-bond acceptors (Lipinski definition) is 12. The molecular weight excluding hydrogens is 474 g/mol. The van der Waals surface area contributed by atoms with Crippen molar-refractivity contribution in [1.29, 1.82) is 0 Å². The number of ether oxygens (including phenoxy) is 5. The summed E-state index contributed by atoms with van der Waals surface area (Å²) in [7, 11) is 0. The second-order valence-corrected chi connectivity index (χ2v) is 7.29. The van der Waals surface area contributed by atoms with Crippen molar-refractivity contribution < 1.29 is 63.6 Å². The molecule has 0 aliphatic carbocycles. The highest BCUT2D eigenvalue weighted by Gasteiger charge is 2.48. The number of carbonyl (C=O) groups is 3. The lowest BCUT2D eigenvalue weighted by Gasteiger charge is -2.38. The number of carboxylic acid groups (broad SMARTS) is 1. The molecule has 1 fully saturated rings. The molecule has 1 aliphatic heterocycles. The lowest BCUT2D eigenvalue weighted by Crippen LogP contribution is -2.61. The van der Waals surface area contributed by atoms with Crippen LogP contribution in [0.15, 0.2) is 18.2 Å². The number of amides is 1. The number of hydrogen-bond donors (Lipinski definition) is 6. The molecule has 14 heteroatoms. The third-order valence-corrected chi connectivity index (χ3v) is 4.80. The first-order valence-electron chi connectivity index (χ1n) is 10.6. The van der Waals surface area contributed by atoms with Gasteiger partial charge in [-0.25, -0.2) is 4.79 Å². The van der Waals surface area contributed by atoms with Gasteiger partial charge < -0.3 is 54.5 Å². The summed E-state index contributed by atoms with van der Waals surface area (Å²) in [6, 6.07) is 4.13. The largest absolute Gasteiger partial charge is 0.479 e. The maximum Gasteiger partial charge on any atom is 0.335 e. The maximum absolute atomic E-state index is 12.8. The highest BCUT2D eigenvalue weighted by molar-refractivity contribution is 5.97. The van der Waals surface area contributed by atoms with Gasteiger partial charge >= 0.3 is 5.97 Å². The van der Waals surface area contributed by atoms with E-state index in [1.54, 1.807) is 0 Å². The van der Waals surface area contributed by atoms with Gasteiger partial charge in [0.25, 0.3) is 12.4 Å². The quantitative estimate of drug-likeness (QED) is 0.107. The summed E-state index contributed by atoms with van der Waals surface area (Å²) < 4.78 is 25.6. The first-order chi connectivity index (χ1) is 16.8. The molecule has 0 bridgehead atoms. The molecule has 1 amide bonds. The van der Waals surface area contributed by atoms with Gasteiger partial charge in [0.05, 0.1) is 38.6 Å². The van der Waals surface area contributed by atoms with E-state index in [0.717, 1.165) is 0 Å². The van der Waals surface area contributed by atoms with Crippen LogP contribution in [-0.4, -0.2) is 114 Å². The molecule has 14 nitrogen and oxygen atoms in total. The summed E-state index contributed by atoms with van der Waals surface area (Å²) in [6.07, 6.45) is -9.21. The van der Waals surface area contributed by atoms with E-state index in [-0.39, 0.29) is 64.0 Å². The smallest absolute Gasteiger partial charge is 0.335 e. The highest BCUT2D eigenvalue weighted by atomic mass is 16.7. The predicted octanol–water partition coefficient (Wildman–Crippen LogP) is -2.61. The van der Waals surface area contributed by atoms with Crippen molar-refractivity contribution in [2.24, 2.45) is 0 Å². The Morgan fingerprint density at radius 1 is 1.03 bits per heavy atom. The van der Waals surface area contributed by atoms with Gasteiger partial charge in [0.1, 0.15) is 30.7 Å². The Balaban J connectivity index is 2.09.